The molecule has 1 aromatic rings. The van der Waals surface area contributed by atoms with Crippen molar-refractivity contribution in [3.05, 3.63) is 34.9 Å². The molecule has 0 radical (unpaired) electrons. The predicted octanol–water partition coefficient (Wildman–Crippen LogP) is 2.07. The van der Waals surface area contributed by atoms with Gasteiger partial charge in [0, 0.05) is 24.0 Å². The summed E-state index contributed by atoms with van der Waals surface area (Å²) in [6.07, 6.45) is 1.11. The Hall–Kier alpha value is -1.10. The molecule has 2 atom stereocenters. The third-order valence-corrected chi connectivity index (χ3v) is 4.80. The van der Waals surface area contributed by atoms with E-state index < -0.39 is 0 Å². The molecule has 3 rings (SSSR count). The van der Waals surface area contributed by atoms with Crippen LogP contribution in [0.2, 0.25) is 5.02 Å². The van der Waals surface area contributed by atoms with Crippen LogP contribution in [0.4, 0.5) is 0 Å². The molecule has 2 aliphatic rings. The summed E-state index contributed by atoms with van der Waals surface area (Å²) < 4.78 is 5.90. The Morgan fingerprint density at radius 3 is 3.10 bits per heavy atom. The van der Waals surface area contributed by atoms with Gasteiger partial charge in [0.2, 0.25) is 5.91 Å². The first-order chi connectivity index (χ1) is 10.1. The van der Waals surface area contributed by atoms with E-state index in [2.05, 4.69) is 12.2 Å². The largest absolute Gasteiger partial charge is 0.363 e. The fourth-order valence-electron chi connectivity index (χ4n) is 3.25. The molecule has 1 aromatic carbocycles. The number of nitrogens with zero attached hydrogens (tertiary/aromatic N) is 1. The Bertz CT molecular complexity index is 531. The number of ether oxygens (including phenoxy) is 1. The van der Waals surface area contributed by atoms with Crippen molar-refractivity contribution in [2.24, 2.45) is 5.92 Å². The molecule has 2 saturated heterocycles. The summed E-state index contributed by atoms with van der Waals surface area (Å²) >= 11 is 6.02. The van der Waals surface area contributed by atoms with Gasteiger partial charge in [-0.05, 0) is 37.6 Å². The van der Waals surface area contributed by atoms with Crippen LogP contribution in [-0.4, -0.2) is 42.6 Å². The number of hydrogen-bond acceptors (Lipinski definition) is 3. The standard InChI is InChI=1S/C16H21ClN2O2/c1-16(13-5-6-18-8-13)11-19(15(20)10-21-16)9-12-3-2-4-14(17)7-12/h2-4,7,13,18H,5-6,8-11H2,1H3. The Kier molecular flexibility index (Phi) is 4.20. The number of carbonyl (C=O) groups excluding carboxylic acids is 1. The molecule has 2 aliphatic heterocycles. The molecule has 2 fully saturated rings. The summed E-state index contributed by atoms with van der Waals surface area (Å²) in [5.41, 5.74) is 0.806. The molecular formula is C16H21ClN2O2. The highest BCUT2D eigenvalue weighted by Crippen LogP contribution is 2.31. The van der Waals surface area contributed by atoms with E-state index in [0.29, 0.717) is 24.0 Å². The zero-order valence-corrected chi connectivity index (χ0v) is 13.0. The SMILES string of the molecule is CC1(C2CCNC2)CN(Cc2cccc(Cl)c2)C(=O)CO1. The average molecular weight is 309 g/mol. The van der Waals surface area contributed by atoms with Gasteiger partial charge in [-0.3, -0.25) is 4.79 Å². The zero-order valence-electron chi connectivity index (χ0n) is 12.3. The van der Waals surface area contributed by atoms with Gasteiger partial charge < -0.3 is 15.0 Å². The highest BCUT2D eigenvalue weighted by atomic mass is 35.5. The molecule has 0 aromatic heterocycles. The molecule has 1 N–H and O–H groups in total. The van der Waals surface area contributed by atoms with Crippen LogP contribution in [0.3, 0.4) is 0 Å². The Morgan fingerprint density at radius 2 is 2.38 bits per heavy atom. The summed E-state index contributed by atoms with van der Waals surface area (Å²) in [7, 11) is 0. The predicted molar refractivity (Wildman–Crippen MR) is 82.2 cm³/mol. The lowest BCUT2D eigenvalue weighted by Crippen LogP contribution is -2.56. The molecule has 2 heterocycles. The van der Waals surface area contributed by atoms with Crippen LogP contribution in [0.25, 0.3) is 0 Å². The van der Waals surface area contributed by atoms with Crippen molar-refractivity contribution in [3.63, 3.8) is 0 Å². The monoisotopic (exact) mass is 308 g/mol. The van der Waals surface area contributed by atoms with Gasteiger partial charge in [0.15, 0.2) is 0 Å². The lowest BCUT2D eigenvalue weighted by atomic mass is 9.86. The maximum Gasteiger partial charge on any atom is 0.248 e. The molecule has 0 aliphatic carbocycles. The van der Waals surface area contributed by atoms with Crippen LogP contribution in [0.1, 0.15) is 18.9 Å². The van der Waals surface area contributed by atoms with Gasteiger partial charge in [0.25, 0.3) is 0 Å². The number of halogens is 1. The third kappa shape index (κ3) is 3.23. The normalized spacial score (nSPS) is 29.9. The number of morpholine rings is 1. The molecule has 0 spiro atoms. The average Bonchev–Trinajstić information content (AvgIpc) is 2.98. The fourth-order valence-corrected chi connectivity index (χ4v) is 3.47. The van der Waals surface area contributed by atoms with Crippen LogP contribution >= 0.6 is 11.6 Å². The van der Waals surface area contributed by atoms with Gasteiger partial charge >= 0.3 is 0 Å². The number of carbonyl (C=O) groups is 1. The molecule has 21 heavy (non-hydrogen) atoms. The van der Waals surface area contributed by atoms with Gasteiger partial charge in [-0.1, -0.05) is 23.7 Å². The Balaban J connectivity index is 1.72. The third-order valence-electron chi connectivity index (χ3n) is 4.57. The molecule has 114 valence electrons. The zero-order chi connectivity index (χ0) is 14.9. The lowest BCUT2D eigenvalue weighted by Gasteiger charge is -2.43. The first kappa shape index (κ1) is 14.8. The maximum absolute atomic E-state index is 12.1. The van der Waals surface area contributed by atoms with Crippen molar-refractivity contribution in [1.82, 2.24) is 10.2 Å². The second-order valence-electron chi connectivity index (χ2n) is 6.17. The molecule has 0 bridgehead atoms. The van der Waals surface area contributed by atoms with E-state index in [0.717, 1.165) is 25.1 Å². The van der Waals surface area contributed by atoms with E-state index in [9.17, 15) is 4.79 Å². The number of nitrogens with one attached hydrogen (secondary N) is 1. The van der Waals surface area contributed by atoms with E-state index in [4.69, 9.17) is 16.3 Å². The minimum Gasteiger partial charge on any atom is -0.363 e. The van der Waals surface area contributed by atoms with Crippen LogP contribution < -0.4 is 5.32 Å². The Morgan fingerprint density at radius 1 is 1.52 bits per heavy atom. The number of hydrogen-bond donors (Lipinski definition) is 1. The summed E-state index contributed by atoms with van der Waals surface area (Å²) in [4.78, 5) is 14.0. The number of benzene rings is 1. The van der Waals surface area contributed by atoms with E-state index in [1.54, 1.807) is 0 Å². The molecule has 2 unspecified atom stereocenters. The molecular weight excluding hydrogens is 288 g/mol. The smallest absolute Gasteiger partial charge is 0.248 e. The molecule has 4 nitrogen and oxygen atoms in total. The summed E-state index contributed by atoms with van der Waals surface area (Å²) in [5, 5.41) is 4.08. The molecule has 0 saturated carbocycles. The van der Waals surface area contributed by atoms with Crippen molar-refractivity contribution in [3.8, 4) is 0 Å². The van der Waals surface area contributed by atoms with E-state index in [1.165, 1.54) is 0 Å². The van der Waals surface area contributed by atoms with Crippen LogP contribution in [0, 0.1) is 5.92 Å². The maximum atomic E-state index is 12.1. The lowest BCUT2D eigenvalue weighted by molar-refractivity contribution is -0.169. The number of amides is 1. The first-order valence-corrected chi connectivity index (χ1v) is 7.81. The second-order valence-corrected chi connectivity index (χ2v) is 6.61. The van der Waals surface area contributed by atoms with Gasteiger partial charge in [0.1, 0.15) is 6.61 Å². The van der Waals surface area contributed by atoms with Crippen molar-refractivity contribution in [2.75, 3.05) is 26.2 Å². The quantitative estimate of drug-likeness (QED) is 0.929. The second kappa shape index (κ2) is 5.95. The van der Waals surface area contributed by atoms with E-state index >= 15 is 0 Å². The summed E-state index contributed by atoms with van der Waals surface area (Å²) in [6.45, 7) is 5.54. The van der Waals surface area contributed by atoms with E-state index in [-0.39, 0.29) is 18.1 Å². The fraction of sp³-hybridized carbons (Fsp3) is 0.562. The Labute approximate surface area is 130 Å². The summed E-state index contributed by atoms with van der Waals surface area (Å²) in [6, 6.07) is 7.69. The van der Waals surface area contributed by atoms with E-state index in [1.807, 2.05) is 29.2 Å². The number of rotatable bonds is 3. The molecule has 5 heteroatoms. The van der Waals surface area contributed by atoms with Gasteiger partial charge in [0.05, 0.1) is 12.1 Å². The van der Waals surface area contributed by atoms with Crippen molar-refractivity contribution < 1.29 is 9.53 Å². The highest BCUT2D eigenvalue weighted by Gasteiger charge is 2.43. The topological polar surface area (TPSA) is 41.6 Å². The van der Waals surface area contributed by atoms with Crippen molar-refractivity contribution in [1.29, 1.82) is 0 Å². The molecule has 1 amide bonds. The highest BCUT2D eigenvalue weighted by molar-refractivity contribution is 6.30. The van der Waals surface area contributed by atoms with Crippen LogP contribution in [-0.2, 0) is 16.1 Å². The van der Waals surface area contributed by atoms with Crippen LogP contribution in [0.5, 0.6) is 0 Å². The first-order valence-electron chi connectivity index (χ1n) is 7.44. The van der Waals surface area contributed by atoms with Crippen molar-refractivity contribution >= 4 is 17.5 Å². The van der Waals surface area contributed by atoms with Gasteiger partial charge in [-0.25, -0.2) is 0 Å². The van der Waals surface area contributed by atoms with Crippen LogP contribution in [0.15, 0.2) is 24.3 Å². The summed E-state index contributed by atoms with van der Waals surface area (Å²) in [5.74, 6) is 0.519. The van der Waals surface area contributed by atoms with Gasteiger partial charge in [-0.15, -0.1) is 0 Å². The van der Waals surface area contributed by atoms with Gasteiger partial charge in [-0.2, -0.15) is 0 Å². The minimum atomic E-state index is -0.254. The van der Waals surface area contributed by atoms with Crippen molar-refractivity contribution in [2.45, 2.75) is 25.5 Å². The minimum absolute atomic E-state index is 0.0541.